The van der Waals surface area contributed by atoms with Crippen molar-refractivity contribution < 1.29 is 14.0 Å². The number of nitrogens with one attached hydrogen (secondary N) is 3. The summed E-state index contributed by atoms with van der Waals surface area (Å²) < 4.78 is 5.70. The molecule has 0 saturated carbocycles. The second-order valence-electron chi connectivity index (χ2n) is 7.76. The van der Waals surface area contributed by atoms with Gasteiger partial charge < -0.3 is 20.4 Å². The van der Waals surface area contributed by atoms with Crippen LogP contribution in [0.1, 0.15) is 64.1 Å². The number of furan rings is 1. The predicted octanol–water partition coefficient (Wildman–Crippen LogP) is 4.27. The predicted molar refractivity (Wildman–Crippen MR) is 125 cm³/mol. The van der Waals surface area contributed by atoms with Gasteiger partial charge in [0.15, 0.2) is 0 Å². The molecule has 0 aliphatic rings. The van der Waals surface area contributed by atoms with Crippen molar-refractivity contribution in [3.05, 3.63) is 83.1 Å². The van der Waals surface area contributed by atoms with Gasteiger partial charge in [-0.1, -0.05) is 13.0 Å². The minimum atomic E-state index is -0.319. The lowest BCUT2D eigenvalue weighted by molar-refractivity contribution is 0.0954. The second-order valence-corrected chi connectivity index (χ2v) is 7.76. The van der Waals surface area contributed by atoms with Gasteiger partial charge in [0.25, 0.3) is 11.8 Å². The van der Waals surface area contributed by atoms with E-state index >= 15 is 0 Å². The second kappa shape index (κ2) is 11.2. The van der Waals surface area contributed by atoms with Crippen LogP contribution >= 0.6 is 0 Å². The van der Waals surface area contributed by atoms with Gasteiger partial charge >= 0.3 is 0 Å². The van der Waals surface area contributed by atoms with Crippen molar-refractivity contribution in [2.75, 3.05) is 18.4 Å². The Morgan fingerprint density at radius 1 is 1.09 bits per heavy atom. The summed E-state index contributed by atoms with van der Waals surface area (Å²) in [6, 6.07) is 14.5. The van der Waals surface area contributed by atoms with Gasteiger partial charge in [-0.15, -0.1) is 0 Å². The van der Waals surface area contributed by atoms with E-state index in [4.69, 9.17) is 4.42 Å². The first-order valence-electron chi connectivity index (χ1n) is 10.9. The van der Waals surface area contributed by atoms with Crippen LogP contribution < -0.4 is 16.0 Å². The van der Waals surface area contributed by atoms with Crippen LogP contribution in [0.15, 0.2) is 59.1 Å². The van der Waals surface area contributed by atoms with Crippen molar-refractivity contribution >= 4 is 17.5 Å². The molecule has 0 aliphatic heterocycles. The largest absolute Gasteiger partial charge is 0.466 e. The Kier molecular flexibility index (Phi) is 8.16. The molecule has 3 N–H and O–H groups in total. The third-order valence-electron chi connectivity index (χ3n) is 5.08. The number of pyridine rings is 1. The Balaban J connectivity index is 1.65. The third kappa shape index (κ3) is 6.52. The molecule has 32 heavy (non-hydrogen) atoms. The zero-order chi connectivity index (χ0) is 22.9. The zero-order valence-electron chi connectivity index (χ0n) is 18.8. The lowest BCUT2D eigenvalue weighted by Crippen LogP contribution is -2.24. The van der Waals surface area contributed by atoms with Gasteiger partial charge in [-0.3, -0.25) is 14.6 Å². The summed E-state index contributed by atoms with van der Waals surface area (Å²) in [5.74, 6) is 1.72. The van der Waals surface area contributed by atoms with Gasteiger partial charge in [-0.25, -0.2) is 0 Å². The molecule has 3 aromatic rings. The van der Waals surface area contributed by atoms with Gasteiger partial charge in [-0.2, -0.15) is 0 Å². The minimum absolute atomic E-state index is 0.176. The molecule has 0 bridgehead atoms. The number of anilines is 1. The summed E-state index contributed by atoms with van der Waals surface area (Å²) in [4.78, 5) is 29.0. The monoisotopic (exact) mass is 434 g/mol. The molecule has 0 radical (unpaired) electrons. The van der Waals surface area contributed by atoms with E-state index in [0.29, 0.717) is 36.0 Å². The van der Waals surface area contributed by atoms with E-state index in [-0.39, 0.29) is 11.8 Å². The van der Waals surface area contributed by atoms with E-state index in [0.717, 1.165) is 30.0 Å². The Labute approximate surface area is 188 Å². The molecule has 1 aromatic carbocycles. The molecule has 7 heteroatoms. The van der Waals surface area contributed by atoms with Crippen LogP contribution in [0.5, 0.6) is 0 Å². The smallest absolute Gasteiger partial charge is 0.274 e. The molecule has 2 amide bonds. The van der Waals surface area contributed by atoms with Crippen LogP contribution in [0.4, 0.5) is 5.69 Å². The van der Waals surface area contributed by atoms with E-state index in [1.165, 1.54) is 0 Å². The fourth-order valence-electron chi connectivity index (χ4n) is 3.36. The first kappa shape index (κ1) is 23.2. The third-order valence-corrected chi connectivity index (χ3v) is 5.08. The van der Waals surface area contributed by atoms with Gasteiger partial charge in [0, 0.05) is 36.5 Å². The van der Waals surface area contributed by atoms with Crippen LogP contribution in [0.25, 0.3) is 0 Å². The number of nitrogens with zero attached hydrogens (tertiary/aromatic N) is 1. The van der Waals surface area contributed by atoms with E-state index < -0.39 is 0 Å². The summed E-state index contributed by atoms with van der Waals surface area (Å²) >= 11 is 0. The number of aromatic nitrogens is 1. The maximum absolute atomic E-state index is 12.5. The zero-order valence-corrected chi connectivity index (χ0v) is 18.8. The highest BCUT2D eigenvalue weighted by atomic mass is 16.3. The highest BCUT2D eigenvalue weighted by molar-refractivity contribution is 6.04. The lowest BCUT2D eigenvalue weighted by atomic mass is 10.0. The summed E-state index contributed by atoms with van der Waals surface area (Å²) in [6.45, 7) is 7.85. The summed E-state index contributed by atoms with van der Waals surface area (Å²) in [5, 5.41) is 9.08. The molecule has 1 atom stereocenters. The maximum atomic E-state index is 12.5. The number of benzene rings is 1. The van der Waals surface area contributed by atoms with Crippen LogP contribution in [-0.2, 0) is 6.54 Å². The summed E-state index contributed by atoms with van der Waals surface area (Å²) in [5.41, 5.74) is 2.28. The van der Waals surface area contributed by atoms with Crippen molar-refractivity contribution in [2.24, 2.45) is 0 Å². The molecule has 7 nitrogen and oxygen atoms in total. The summed E-state index contributed by atoms with van der Waals surface area (Å²) in [7, 11) is 0. The molecule has 2 heterocycles. The number of aryl methyl sites for hydroxylation is 1. The van der Waals surface area contributed by atoms with Crippen molar-refractivity contribution in [1.82, 2.24) is 15.6 Å². The molecule has 2 aromatic heterocycles. The van der Waals surface area contributed by atoms with E-state index in [1.807, 2.05) is 38.1 Å². The van der Waals surface area contributed by atoms with Crippen LogP contribution in [-0.4, -0.2) is 29.9 Å². The number of hydrogen-bond acceptors (Lipinski definition) is 5. The van der Waals surface area contributed by atoms with E-state index in [1.54, 1.807) is 30.5 Å². The Hall–Kier alpha value is -3.45. The van der Waals surface area contributed by atoms with Gasteiger partial charge in [0.05, 0.1) is 0 Å². The Bertz CT molecular complexity index is 1050. The van der Waals surface area contributed by atoms with E-state index in [2.05, 4.69) is 27.9 Å². The Morgan fingerprint density at radius 2 is 1.94 bits per heavy atom. The topological polar surface area (TPSA) is 96.3 Å². The minimum Gasteiger partial charge on any atom is -0.466 e. The standard InChI is InChI=1S/C25H30N4O3/c1-4-27-24(30)20-13-19(16-26-12-10-17(2)23-9-8-18(3)32-23)14-21(15-20)29-25(31)22-7-5-6-11-28-22/h5-9,11,13-15,17,26H,4,10,12,16H2,1-3H3,(H,27,30)(H,29,31). The maximum Gasteiger partial charge on any atom is 0.274 e. The van der Waals surface area contributed by atoms with Gasteiger partial charge in [-0.05, 0) is 74.8 Å². The highest BCUT2D eigenvalue weighted by Gasteiger charge is 2.13. The number of hydrogen-bond donors (Lipinski definition) is 3. The Morgan fingerprint density at radius 3 is 2.62 bits per heavy atom. The number of rotatable bonds is 10. The van der Waals surface area contributed by atoms with Crippen molar-refractivity contribution in [2.45, 2.75) is 39.7 Å². The quantitative estimate of drug-likeness (QED) is 0.414. The molecular weight excluding hydrogens is 404 g/mol. The summed E-state index contributed by atoms with van der Waals surface area (Å²) in [6.07, 6.45) is 2.49. The SMILES string of the molecule is CCNC(=O)c1cc(CNCCC(C)c2ccc(C)o2)cc(NC(=O)c2ccccn2)c1. The van der Waals surface area contributed by atoms with Crippen molar-refractivity contribution in [3.63, 3.8) is 0 Å². The van der Waals surface area contributed by atoms with E-state index in [9.17, 15) is 9.59 Å². The van der Waals surface area contributed by atoms with Crippen molar-refractivity contribution in [1.29, 1.82) is 0 Å². The van der Waals surface area contributed by atoms with Crippen molar-refractivity contribution in [3.8, 4) is 0 Å². The van der Waals surface area contributed by atoms with Gasteiger partial charge in [0.1, 0.15) is 17.2 Å². The number of amides is 2. The molecule has 3 rings (SSSR count). The average molecular weight is 435 g/mol. The first-order valence-corrected chi connectivity index (χ1v) is 10.9. The fraction of sp³-hybridized carbons (Fsp3) is 0.320. The average Bonchev–Trinajstić information content (AvgIpc) is 3.23. The van der Waals surface area contributed by atoms with Crippen LogP contribution in [0.3, 0.4) is 0 Å². The molecule has 0 spiro atoms. The van der Waals surface area contributed by atoms with Gasteiger partial charge in [0.2, 0.25) is 0 Å². The van der Waals surface area contributed by atoms with Crippen LogP contribution in [0.2, 0.25) is 0 Å². The molecule has 168 valence electrons. The molecular formula is C25H30N4O3. The normalized spacial score (nSPS) is 11.7. The molecule has 1 unspecified atom stereocenters. The number of carbonyl (C=O) groups excluding carboxylic acids is 2. The first-order chi connectivity index (χ1) is 15.5. The molecule has 0 saturated heterocycles. The lowest BCUT2D eigenvalue weighted by Gasteiger charge is -2.13. The highest BCUT2D eigenvalue weighted by Crippen LogP contribution is 2.21. The van der Waals surface area contributed by atoms with Crippen LogP contribution in [0, 0.1) is 6.92 Å². The fourth-order valence-corrected chi connectivity index (χ4v) is 3.36. The number of carbonyl (C=O) groups is 2. The molecule has 0 aliphatic carbocycles. The molecule has 0 fully saturated rings.